The van der Waals surface area contributed by atoms with Crippen molar-refractivity contribution in [2.75, 3.05) is 53.4 Å². The van der Waals surface area contributed by atoms with Crippen molar-refractivity contribution in [2.45, 2.75) is 18.9 Å². The van der Waals surface area contributed by atoms with E-state index >= 15 is 0 Å². The molecular formula is C11H26N4. The van der Waals surface area contributed by atoms with Crippen LogP contribution in [-0.2, 0) is 0 Å². The molecule has 1 saturated heterocycles. The predicted molar refractivity (Wildman–Crippen MR) is 65.1 cm³/mol. The maximum atomic E-state index is 5.54. The molecule has 90 valence electrons. The second-order valence-electron chi connectivity index (χ2n) is 4.66. The third-order valence-corrected chi connectivity index (χ3v) is 3.02. The molecule has 0 radical (unpaired) electrons. The van der Waals surface area contributed by atoms with Gasteiger partial charge in [-0.15, -0.1) is 0 Å². The van der Waals surface area contributed by atoms with E-state index in [9.17, 15) is 0 Å². The number of likely N-dealkylation sites (N-methyl/N-ethyl adjacent to an activating group) is 1. The standard InChI is InChI=1S/C11H26N4/c1-14(2)10-6-13-11-3-7-15(8-4-11)9-5-12/h11,13H,3-10,12H2,1-2H3. The molecule has 0 atom stereocenters. The summed E-state index contributed by atoms with van der Waals surface area (Å²) in [5.74, 6) is 0. The number of nitrogens with zero attached hydrogens (tertiary/aromatic N) is 2. The average molecular weight is 214 g/mol. The van der Waals surface area contributed by atoms with E-state index in [1.807, 2.05) is 0 Å². The van der Waals surface area contributed by atoms with E-state index in [1.54, 1.807) is 0 Å². The van der Waals surface area contributed by atoms with Gasteiger partial charge in [0.15, 0.2) is 0 Å². The Kier molecular flexibility index (Phi) is 6.17. The maximum Gasteiger partial charge on any atom is 0.0105 e. The third kappa shape index (κ3) is 5.47. The Morgan fingerprint density at radius 1 is 1.33 bits per heavy atom. The highest BCUT2D eigenvalue weighted by atomic mass is 15.1. The first-order valence-corrected chi connectivity index (χ1v) is 6.03. The molecule has 1 rings (SSSR count). The van der Waals surface area contributed by atoms with Crippen molar-refractivity contribution in [3.63, 3.8) is 0 Å². The molecule has 0 spiro atoms. The van der Waals surface area contributed by atoms with Gasteiger partial charge in [0.1, 0.15) is 0 Å². The first kappa shape index (κ1) is 12.9. The highest BCUT2D eigenvalue weighted by Crippen LogP contribution is 2.09. The Balaban J connectivity index is 2.04. The zero-order chi connectivity index (χ0) is 11.1. The van der Waals surface area contributed by atoms with Crippen molar-refractivity contribution in [2.24, 2.45) is 5.73 Å². The van der Waals surface area contributed by atoms with Gasteiger partial charge in [0.05, 0.1) is 0 Å². The minimum atomic E-state index is 0.721. The molecule has 0 bridgehead atoms. The molecule has 0 aromatic carbocycles. The normalized spacial score (nSPS) is 20.0. The predicted octanol–water partition coefficient (Wildman–Crippen LogP) is -0.439. The van der Waals surface area contributed by atoms with Gasteiger partial charge in [0, 0.05) is 32.2 Å². The van der Waals surface area contributed by atoms with Gasteiger partial charge in [-0.05, 0) is 40.0 Å². The van der Waals surface area contributed by atoms with Crippen LogP contribution in [0.15, 0.2) is 0 Å². The Morgan fingerprint density at radius 2 is 2.00 bits per heavy atom. The molecule has 15 heavy (non-hydrogen) atoms. The van der Waals surface area contributed by atoms with E-state index in [4.69, 9.17) is 5.73 Å². The first-order chi connectivity index (χ1) is 7.22. The van der Waals surface area contributed by atoms with Crippen molar-refractivity contribution >= 4 is 0 Å². The SMILES string of the molecule is CN(C)CCNC1CCN(CCN)CC1. The van der Waals surface area contributed by atoms with Crippen LogP contribution in [0.25, 0.3) is 0 Å². The second-order valence-corrected chi connectivity index (χ2v) is 4.66. The molecule has 1 aliphatic rings. The molecule has 4 nitrogen and oxygen atoms in total. The topological polar surface area (TPSA) is 44.5 Å². The summed E-state index contributed by atoms with van der Waals surface area (Å²) in [7, 11) is 4.23. The van der Waals surface area contributed by atoms with E-state index in [-0.39, 0.29) is 0 Å². The lowest BCUT2D eigenvalue weighted by atomic mass is 10.1. The minimum Gasteiger partial charge on any atom is -0.329 e. The minimum absolute atomic E-state index is 0.721. The largest absolute Gasteiger partial charge is 0.329 e. The molecule has 0 saturated carbocycles. The molecule has 0 amide bonds. The lowest BCUT2D eigenvalue weighted by Gasteiger charge is -2.32. The van der Waals surface area contributed by atoms with Gasteiger partial charge in [0.2, 0.25) is 0 Å². The summed E-state index contributed by atoms with van der Waals surface area (Å²) in [5, 5.41) is 3.62. The number of hydrogen-bond donors (Lipinski definition) is 2. The van der Waals surface area contributed by atoms with Crippen molar-refractivity contribution < 1.29 is 0 Å². The molecule has 0 aromatic rings. The van der Waals surface area contributed by atoms with Crippen LogP contribution in [0.1, 0.15) is 12.8 Å². The Labute approximate surface area is 93.8 Å². The monoisotopic (exact) mass is 214 g/mol. The van der Waals surface area contributed by atoms with Crippen LogP contribution in [0.3, 0.4) is 0 Å². The van der Waals surface area contributed by atoms with Crippen molar-refractivity contribution in [1.29, 1.82) is 0 Å². The van der Waals surface area contributed by atoms with Crippen LogP contribution in [0, 0.1) is 0 Å². The van der Waals surface area contributed by atoms with E-state index in [0.29, 0.717) is 0 Å². The number of nitrogens with one attached hydrogen (secondary N) is 1. The van der Waals surface area contributed by atoms with Crippen LogP contribution in [0.4, 0.5) is 0 Å². The Bertz CT molecular complexity index is 153. The van der Waals surface area contributed by atoms with Gasteiger partial charge in [-0.25, -0.2) is 0 Å². The highest BCUT2D eigenvalue weighted by molar-refractivity contribution is 4.77. The van der Waals surface area contributed by atoms with E-state index in [0.717, 1.165) is 32.2 Å². The first-order valence-electron chi connectivity index (χ1n) is 6.03. The lowest BCUT2D eigenvalue weighted by molar-refractivity contribution is 0.200. The van der Waals surface area contributed by atoms with Gasteiger partial charge in [-0.2, -0.15) is 0 Å². The van der Waals surface area contributed by atoms with Crippen LogP contribution in [0.2, 0.25) is 0 Å². The number of rotatable bonds is 6. The molecule has 0 aromatic heterocycles. The molecule has 3 N–H and O–H groups in total. The fourth-order valence-electron chi connectivity index (χ4n) is 2.04. The maximum absolute atomic E-state index is 5.54. The molecule has 1 aliphatic heterocycles. The van der Waals surface area contributed by atoms with Crippen LogP contribution in [-0.4, -0.2) is 69.2 Å². The lowest BCUT2D eigenvalue weighted by Crippen LogP contribution is -2.45. The number of nitrogens with two attached hydrogens (primary N) is 1. The van der Waals surface area contributed by atoms with Crippen LogP contribution >= 0.6 is 0 Å². The summed E-state index contributed by atoms with van der Waals surface area (Å²) in [6, 6.07) is 0.721. The summed E-state index contributed by atoms with van der Waals surface area (Å²) in [6.07, 6.45) is 2.54. The molecule has 1 fully saturated rings. The fourth-order valence-corrected chi connectivity index (χ4v) is 2.04. The molecular weight excluding hydrogens is 188 g/mol. The second kappa shape index (κ2) is 7.17. The number of hydrogen-bond acceptors (Lipinski definition) is 4. The third-order valence-electron chi connectivity index (χ3n) is 3.02. The van der Waals surface area contributed by atoms with Gasteiger partial charge >= 0.3 is 0 Å². The van der Waals surface area contributed by atoms with Crippen molar-refractivity contribution in [3.8, 4) is 0 Å². The number of piperidine rings is 1. The molecule has 1 heterocycles. The van der Waals surface area contributed by atoms with Crippen molar-refractivity contribution in [3.05, 3.63) is 0 Å². The van der Waals surface area contributed by atoms with Gasteiger partial charge < -0.3 is 20.9 Å². The smallest absolute Gasteiger partial charge is 0.0105 e. The Hall–Kier alpha value is -0.160. The summed E-state index contributed by atoms with van der Waals surface area (Å²) in [5.41, 5.74) is 5.54. The van der Waals surface area contributed by atoms with Gasteiger partial charge in [0.25, 0.3) is 0 Å². The van der Waals surface area contributed by atoms with E-state index in [2.05, 4.69) is 29.2 Å². The van der Waals surface area contributed by atoms with Crippen LogP contribution < -0.4 is 11.1 Å². The van der Waals surface area contributed by atoms with E-state index < -0.39 is 0 Å². The molecule has 0 aliphatic carbocycles. The quantitative estimate of drug-likeness (QED) is 0.629. The average Bonchev–Trinajstić information content (AvgIpc) is 2.20. The summed E-state index contributed by atoms with van der Waals surface area (Å²) in [4.78, 5) is 4.68. The van der Waals surface area contributed by atoms with Gasteiger partial charge in [-0.3, -0.25) is 0 Å². The molecule has 4 heteroatoms. The van der Waals surface area contributed by atoms with Crippen molar-refractivity contribution in [1.82, 2.24) is 15.1 Å². The fraction of sp³-hybridized carbons (Fsp3) is 1.00. The summed E-state index contributed by atoms with van der Waals surface area (Å²) in [6.45, 7) is 6.49. The zero-order valence-electron chi connectivity index (χ0n) is 10.2. The highest BCUT2D eigenvalue weighted by Gasteiger charge is 2.17. The summed E-state index contributed by atoms with van der Waals surface area (Å²) >= 11 is 0. The van der Waals surface area contributed by atoms with Gasteiger partial charge in [-0.1, -0.05) is 0 Å². The number of likely N-dealkylation sites (tertiary alicyclic amines) is 1. The zero-order valence-corrected chi connectivity index (χ0v) is 10.2. The molecule has 0 unspecified atom stereocenters. The van der Waals surface area contributed by atoms with E-state index in [1.165, 1.54) is 25.9 Å². The Morgan fingerprint density at radius 3 is 2.53 bits per heavy atom. The van der Waals surface area contributed by atoms with Crippen LogP contribution in [0.5, 0.6) is 0 Å². The summed E-state index contributed by atoms with van der Waals surface area (Å²) < 4.78 is 0.